The van der Waals surface area contributed by atoms with E-state index in [2.05, 4.69) is 11.6 Å². The molecular formula is C13H14N2O3. The lowest BCUT2D eigenvalue weighted by atomic mass is 9.92. The van der Waals surface area contributed by atoms with E-state index in [1.54, 1.807) is 24.4 Å². The fraction of sp³-hybridized carbons (Fsp3) is 0.154. The van der Waals surface area contributed by atoms with Crippen LogP contribution in [0.25, 0.3) is 10.9 Å². The number of H-pyrrole nitrogens is 1. The van der Waals surface area contributed by atoms with Gasteiger partial charge in [0.15, 0.2) is 0 Å². The first kappa shape index (κ1) is 12.2. The molecule has 0 spiro atoms. The van der Waals surface area contributed by atoms with Crippen LogP contribution in [0.1, 0.15) is 5.56 Å². The summed E-state index contributed by atoms with van der Waals surface area (Å²) in [7, 11) is 0. The predicted octanol–water partition coefficient (Wildman–Crippen LogP) is 1.38. The van der Waals surface area contributed by atoms with E-state index in [-0.39, 0.29) is 12.2 Å². The standard InChI is InChI=1S/C13H14N2O3/c1-2-13(14,12(17)18)6-8-7-15-11-4-3-9(16)5-10(8)11/h2-5,7,15-16H,1,6,14H2,(H,17,18)/t13-/m0/s1. The summed E-state index contributed by atoms with van der Waals surface area (Å²) in [5.74, 6) is -1.01. The van der Waals surface area contributed by atoms with E-state index < -0.39 is 11.5 Å². The fourth-order valence-corrected chi connectivity index (χ4v) is 1.86. The zero-order chi connectivity index (χ0) is 13.3. The lowest BCUT2D eigenvalue weighted by molar-refractivity contribution is -0.141. The minimum Gasteiger partial charge on any atom is -0.508 e. The molecular weight excluding hydrogens is 232 g/mol. The number of aliphatic carboxylic acids is 1. The van der Waals surface area contributed by atoms with Crippen LogP contribution >= 0.6 is 0 Å². The van der Waals surface area contributed by atoms with Crippen molar-refractivity contribution in [3.8, 4) is 5.75 Å². The monoisotopic (exact) mass is 246 g/mol. The molecule has 0 bridgehead atoms. The molecule has 2 rings (SSSR count). The average Bonchev–Trinajstić information content (AvgIpc) is 2.71. The van der Waals surface area contributed by atoms with Gasteiger partial charge in [0.1, 0.15) is 11.3 Å². The molecule has 0 aliphatic heterocycles. The van der Waals surface area contributed by atoms with Gasteiger partial charge in [-0.2, -0.15) is 0 Å². The van der Waals surface area contributed by atoms with Gasteiger partial charge in [-0.15, -0.1) is 6.58 Å². The van der Waals surface area contributed by atoms with Gasteiger partial charge in [-0.05, 0) is 23.8 Å². The van der Waals surface area contributed by atoms with Crippen LogP contribution in [0.3, 0.4) is 0 Å². The summed E-state index contributed by atoms with van der Waals surface area (Å²) in [6, 6.07) is 4.86. The number of rotatable bonds is 4. The highest BCUT2D eigenvalue weighted by atomic mass is 16.4. The number of phenolic OH excluding ortho intramolecular Hbond substituents is 1. The first-order valence-electron chi connectivity index (χ1n) is 5.41. The Morgan fingerprint density at radius 1 is 1.56 bits per heavy atom. The normalized spacial score (nSPS) is 14.3. The van der Waals surface area contributed by atoms with Gasteiger partial charge in [-0.25, -0.2) is 4.79 Å². The number of hydrogen-bond donors (Lipinski definition) is 4. The number of carboxylic acid groups (broad SMARTS) is 1. The van der Waals surface area contributed by atoms with E-state index in [0.29, 0.717) is 0 Å². The van der Waals surface area contributed by atoms with Gasteiger partial charge >= 0.3 is 5.97 Å². The molecule has 94 valence electrons. The Morgan fingerprint density at radius 2 is 2.28 bits per heavy atom. The molecule has 1 aromatic heterocycles. The van der Waals surface area contributed by atoms with Gasteiger partial charge in [0.25, 0.3) is 0 Å². The maximum atomic E-state index is 11.1. The Bertz CT molecular complexity index is 618. The van der Waals surface area contributed by atoms with E-state index in [1.807, 2.05) is 0 Å². The molecule has 0 saturated heterocycles. The number of benzene rings is 1. The molecule has 0 unspecified atom stereocenters. The average molecular weight is 246 g/mol. The van der Waals surface area contributed by atoms with E-state index in [1.165, 1.54) is 6.08 Å². The summed E-state index contributed by atoms with van der Waals surface area (Å²) < 4.78 is 0. The van der Waals surface area contributed by atoms with Crippen LogP contribution < -0.4 is 5.73 Å². The molecule has 0 amide bonds. The lowest BCUT2D eigenvalue weighted by Gasteiger charge is -2.19. The summed E-state index contributed by atoms with van der Waals surface area (Å²) in [6.45, 7) is 3.47. The first-order chi connectivity index (χ1) is 8.46. The zero-order valence-corrected chi connectivity index (χ0v) is 9.68. The van der Waals surface area contributed by atoms with Crippen molar-refractivity contribution in [3.05, 3.63) is 42.6 Å². The third-order valence-electron chi connectivity index (χ3n) is 3.00. The molecule has 5 heteroatoms. The van der Waals surface area contributed by atoms with Gasteiger partial charge < -0.3 is 20.9 Å². The smallest absolute Gasteiger partial charge is 0.328 e. The van der Waals surface area contributed by atoms with Gasteiger partial charge in [0.2, 0.25) is 0 Å². The third-order valence-corrected chi connectivity index (χ3v) is 3.00. The van der Waals surface area contributed by atoms with Crippen LogP contribution in [0, 0.1) is 0 Å². The summed E-state index contributed by atoms with van der Waals surface area (Å²) >= 11 is 0. The number of aromatic nitrogens is 1. The van der Waals surface area contributed by atoms with Crippen molar-refractivity contribution < 1.29 is 15.0 Å². The molecule has 2 aromatic rings. The molecule has 5 N–H and O–H groups in total. The predicted molar refractivity (Wildman–Crippen MR) is 68.4 cm³/mol. The zero-order valence-electron chi connectivity index (χ0n) is 9.68. The van der Waals surface area contributed by atoms with Gasteiger partial charge in [0, 0.05) is 23.5 Å². The molecule has 1 aromatic carbocycles. The van der Waals surface area contributed by atoms with E-state index in [9.17, 15) is 9.90 Å². The van der Waals surface area contributed by atoms with Gasteiger partial charge in [0.05, 0.1) is 0 Å². The number of carboxylic acids is 1. The Kier molecular flexibility index (Phi) is 2.84. The molecule has 0 fully saturated rings. The molecule has 1 heterocycles. The lowest BCUT2D eigenvalue weighted by Crippen LogP contribution is -2.47. The van der Waals surface area contributed by atoms with Crippen LogP contribution in [0.5, 0.6) is 5.75 Å². The van der Waals surface area contributed by atoms with E-state index >= 15 is 0 Å². The van der Waals surface area contributed by atoms with Crippen LogP contribution in [-0.2, 0) is 11.2 Å². The Morgan fingerprint density at radius 3 is 2.89 bits per heavy atom. The second kappa shape index (κ2) is 4.19. The highest BCUT2D eigenvalue weighted by molar-refractivity contribution is 5.87. The maximum Gasteiger partial charge on any atom is 0.328 e. The SMILES string of the molecule is C=C[C@](N)(Cc1c[nH]c2ccc(O)cc12)C(=O)O. The van der Waals surface area contributed by atoms with Crippen molar-refractivity contribution in [3.63, 3.8) is 0 Å². The number of nitrogens with one attached hydrogen (secondary N) is 1. The summed E-state index contributed by atoms with van der Waals surface area (Å²) in [5, 5.41) is 19.3. The van der Waals surface area contributed by atoms with Crippen molar-refractivity contribution in [1.82, 2.24) is 4.98 Å². The second-order valence-electron chi connectivity index (χ2n) is 4.27. The number of hydrogen-bond acceptors (Lipinski definition) is 3. The Labute approximate surface area is 104 Å². The van der Waals surface area contributed by atoms with Crippen LogP contribution in [0.15, 0.2) is 37.1 Å². The topological polar surface area (TPSA) is 99.3 Å². The van der Waals surface area contributed by atoms with Crippen molar-refractivity contribution in [2.24, 2.45) is 5.73 Å². The number of aromatic hydroxyl groups is 1. The van der Waals surface area contributed by atoms with Crippen molar-refractivity contribution >= 4 is 16.9 Å². The quantitative estimate of drug-likeness (QED) is 0.612. The summed E-state index contributed by atoms with van der Waals surface area (Å²) in [6.07, 6.45) is 3.02. The van der Waals surface area contributed by atoms with Crippen LogP contribution in [-0.4, -0.2) is 26.7 Å². The van der Waals surface area contributed by atoms with E-state index in [4.69, 9.17) is 10.8 Å². The largest absolute Gasteiger partial charge is 0.508 e. The highest BCUT2D eigenvalue weighted by Gasteiger charge is 2.31. The third kappa shape index (κ3) is 1.96. The van der Waals surface area contributed by atoms with Crippen molar-refractivity contribution in [1.29, 1.82) is 0 Å². The molecule has 18 heavy (non-hydrogen) atoms. The van der Waals surface area contributed by atoms with Crippen LogP contribution in [0.2, 0.25) is 0 Å². The number of nitrogens with two attached hydrogens (primary N) is 1. The van der Waals surface area contributed by atoms with Gasteiger partial charge in [-0.1, -0.05) is 6.08 Å². The van der Waals surface area contributed by atoms with E-state index in [0.717, 1.165) is 16.5 Å². The van der Waals surface area contributed by atoms with Gasteiger partial charge in [-0.3, -0.25) is 0 Å². The molecule has 0 radical (unpaired) electrons. The van der Waals surface area contributed by atoms with Crippen LogP contribution in [0.4, 0.5) is 0 Å². The number of phenols is 1. The molecule has 0 aliphatic carbocycles. The van der Waals surface area contributed by atoms with Crippen molar-refractivity contribution in [2.75, 3.05) is 0 Å². The number of aromatic amines is 1. The number of fused-ring (bicyclic) bond motifs is 1. The molecule has 0 saturated carbocycles. The Balaban J connectivity index is 2.46. The Hall–Kier alpha value is -2.27. The minimum absolute atomic E-state index is 0.106. The minimum atomic E-state index is -1.51. The molecule has 5 nitrogen and oxygen atoms in total. The number of carbonyl (C=O) groups is 1. The van der Waals surface area contributed by atoms with Crippen molar-refractivity contribution in [2.45, 2.75) is 12.0 Å². The summed E-state index contributed by atoms with van der Waals surface area (Å²) in [4.78, 5) is 14.1. The molecule has 1 atom stereocenters. The fourth-order valence-electron chi connectivity index (χ4n) is 1.86. The maximum absolute atomic E-state index is 11.1. The first-order valence-corrected chi connectivity index (χ1v) is 5.41. The second-order valence-corrected chi connectivity index (χ2v) is 4.27. The highest BCUT2D eigenvalue weighted by Crippen LogP contribution is 2.25. The molecule has 0 aliphatic rings. The summed E-state index contributed by atoms with van der Waals surface area (Å²) in [5.41, 5.74) is 5.80.